The van der Waals surface area contributed by atoms with E-state index in [2.05, 4.69) is 10.3 Å². The number of pyridine rings is 1. The van der Waals surface area contributed by atoms with Crippen LogP contribution < -0.4 is 5.32 Å². The van der Waals surface area contributed by atoms with Crippen LogP contribution >= 0.6 is 11.6 Å². The Morgan fingerprint density at radius 2 is 2.07 bits per heavy atom. The van der Waals surface area contributed by atoms with Crippen LogP contribution in [0.2, 0.25) is 5.02 Å². The van der Waals surface area contributed by atoms with E-state index >= 15 is 0 Å². The van der Waals surface area contributed by atoms with Gasteiger partial charge < -0.3 is 10.2 Å². The topological polar surface area (TPSA) is 45.2 Å². The lowest BCUT2D eigenvalue weighted by Gasteiger charge is -2.27. The zero-order chi connectivity index (χ0) is 19.6. The highest BCUT2D eigenvalue weighted by Crippen LogP contribution is 2.33. The number of benzene rings is 1. The minimum absolute atomic E-state index is 0.0610. The molecule has 2 aromatic rings. The molecule has 27 heavy (non-hydrogen) atoms. The molecule has 3 rings (SSSR count). The van der Waals surface area contributed by atoms with Gasteiger partial charge in [-0.3, -0.25) is 4.98 Å². The highest BCUT2D eigenvalue weighted by molar-refractivity contribution is 6.32. The van der Waals surface area contributed by atoms with Crippen molar-refractivity contribution in [1.29, 1.82) is 0 Å². The summed E-state index contributed by atoms with van der Waals surface area (Å²) in [6, 6.07) is 6.70. The smallest absolute Gasteiger partial charge is 0.320 e. The zero-order valence-corrected chi connectivity index (χ0v) is 15.2. The van der Waals surface area contributed by atoms with Crippen molar-refractivity contribution in [3.63, 3.8) is 0 Å². The summed E-state index contributed by atoms with van der Waals surface area (Å²) in [5.74, 6) is 0. The fraction of sp³-hybridized carbons (Fsp3) is 0.263. The number of carbonyl (C=O) groups excluding carboxylic acids is 1. The number of halogens is 4. The van der Waals surface area contributed by atoms with Gasteiger partial charge in [0.15, 0.2) is 0 Å². The number of hydrogen-bond acceptors (Lipinski definition) is 2. The first-order valence-corrected chi connectivity index (χ1v) is 8.67. The van der Waals surface area contributed by atoms with Crippen LogP contribution in [0.1, 0.15) is 23.2 Å². The molecule has 1 aromatic heterocycles. The summed E-state index contributed by atoms with van der Waals surface area (Å²) in [6.45, 7) is 2.20. The second-order valence-corrected chi connectivity index (χ2v) is 6.62. The van der Waals surface area contributed by atoms with E-state index in [9.17, 15) is 18.0 Å². The van der Waals surface area contributed by atoms with Crippen LogP contribution in [0.25, 0.3) is 5.57 Å². The van der Waals surface area contributed by atoms with Gasteiger partial charge in [0.2, 0.25) is 0 Å². The lowest BCUT2D eigenvalue weighted by Crippen LogP contribution is -2.38. The van der Waals surface area contributed by atoms with E-state index < -0.39 is 11.7 Å². The number of hydrogen-bond donors (Lipinski definition) is 1. The average Bonchev–Trinajstić information content (AvgIpc) is 2.61. The first kappa shape index (κ1) is 19.2. The monoisotopic (exact) mass is 395 g/mol. The predicted molar refractivity (Wildman–Crippen MR) is 98.6 cm³/mol. The Bertz CT molecular complexity index is 896. The number of amides is 2. The third-order valence-corrected chi connectivity index (χ3v) is 4.65. The lowest BCUT2D eigenvalue weighted by molar-refractivity contribution is -0.138. The molecule has 0 aliphatic carbocycles. The first-order chi connectivity index (χ1) is 12.8. The van der Waals surface area contributed by atoms with Crippen LogP contribution in [0.15, 0.2) is 42.6 Å². The number of nitrogens with one attached hydrogen (secondary N) is 1. The molecule has 1 aromatic carbocycles. The fourth-order valence-corrected chi connectivity index (χ4v) is 3.20. The number of aryl methyl sites for hydroxylation is 1. The number of anilines is 1. The standard InChI is InChI=1S/C19H17ClF3N3O/c1-12-11-14(4-5-15(12)19(21,22)23)25-18(27)26-9-6-13(7-10-26)17-16(20)3-2-8-24-17/h2-6,8,11H,7,9-10H2,1H3,(H,25,27). The largest absolute Gasteiger partial charge is 0.416 e. The van der Waals surface area contributed by atoms with E-state index in [4.69, 9.17) is 11.6 Å². The molecular formula is C19H17ClF3N3O. The molecule has 0 saturated carbocycles. The van der Waals surface area contributed by atoms with Crippen LogP contribution in [-0.2, 0) is 6.18 Å². The number of nitrogens with zero attached hydrogens (tertiary/aromatic N) is 2. The Hall–Kier alpha value is -2.54. The van der Waals surface area contributed by atoms with E-state index in [-0.39, 0.29) is 11.6 Å². The van der Waals surface area contributed by atoms with Crippen molar-refractivity contribution in [2.45, 2.75) is 19.5 Å². The maximum absolute atomic E-state index is 12.8. The van der Waals surface area contributed by atoms with Gasteiger partial charge in [0.25, 0.3) is 0 Å². The second-order valence-electron chi connectivity index (χ2n) is 6.22. The minimum Gasteiger partial charge on any atom is -0.320 e. The minimum atomic E-state index is -4.41. The van der Waals surface area contributed by atoms with Crippen LogP contribution in [0.4, 0.5) is 23.7 Å². The second kappa shape index (κ2) is 7.60. The normalized spacial score (nSPS) is 14.7. The van der Waals surface area contributed by atoms with Crippen LogP contribution in [0.5, 0.6) is 0 Å². The average molecular weight is 396 g/mol. The Labute approximate surface area is 159 Å². The highest BCUT2D eigenvalue weighted by atomic mass is 35.5. The molecule has 0 bridgehead atoms. The molecule has 8 heteroatoms. The fourth-order valence-electron chi connectivity index (χ4n) is 2.95. The number of alkyl halides is 3. The summed E-state index contributed by atoms with van der Waals surface area (Å²) >= 11 is 6.15. The third-order valence-electron chi connectivity index (χ3n) is 4.34. The van der Waals surface area contributed by atoms with Crippen LogP contribution in [0.3, 0.4) is 0 Å². The summed E-state index contributed by atoms with van der Waals surface area (Å²) in [5, 5.41) is 3.20. The van der Waals surface area contributed by atoms with Gasteiger partial charge in [0.05, 0.1) is 16.3 Å². The Morgan fingerprint density at radius 3 is 2.67 bits per heavy atom. The molecule has 0 unspecified atom stereocenters. The predicted octanol–water partition coefficient (Wildman–Crippen LogP) is 5.38. The van der Waals surface area contributed by atoms with Crippen molar-refractivity contribution in [2.24, 2.45) is 0 Å². The molecule has 0 fully saturated rings. The van der Waals surface area contributed by atoms with E-state index in [0.717, 1.165) is 11.6 Å². The van der Waals surface area contributed by atoms with Crippen molar-refractivity contribution in [3.05, 3.63) is 64.4 Å². The van der Waals surface area contributed by atoms with Crippen LogP contribution in [0, 0.1) is 6.92 Å². The molecule has 0 saturated heterocycles. The molecule has 1 N–H and O–H groups in total. The first-order valence-electron chi connectivity index (χ1n) is 8.29. The van der Waals surface area contributed by atoms with E-state index in [1.165, 1.54) is 19.1 Å². The third kappa shape index (κ3) is 4.42. The highest BCUT2D eigenvalue weighted by Gasteiger charge is 2.32. The van der Waals surface area contributed by atoms with Gasteiger partial charge in [0, 0.05) is 25.0 Å². The van der Waals surface area contributed by atoms with E-state index in [1.807, 2.05) is 6.08 Å². The summed E-state index contributed by atoms with van der Waals surface area (Å²) < 4.78 is 38.5. The van der Waals surface area contributed by atoms with Gasteiger partial charge in [0.1, 0.15) is 0 Å². The summed E-state index contributed by atoms with van der Waals surface area (Å²) in [4.78, 5) is 18.2. The Morgan fingerprint density at radius 1 is 1.30 bits per heavy atom. The molecule has 2 heterocycles. The van der Waals surface area contributed by atoms with Crippen LogP contribution in [-0.4, -0.2) is 29.0 Å². The Balaban J connectivity index is 1.66. The molecule has 0 atom stereocenters. The molecule has 0 radical (unpaired) electrons. The van der Waals surface area contributed by atoms with Crippen molar-refractivity contribution >= 4 is 28.9 Å². The van der Waals surface area contributed by atoms with E-state index in [1.54, 1.807) is 23.2 Å². The van der Waals surface area contributed by atoms with Gasteiger partial charge in [-0.15, -0.1) is 0 Å². The molecule has 2 amide bonds. The maximum atomic E-state index is 12.8. The summed E-state index contributed by atoms with van der Waals surface area (Å²) in [6.07, 6.45) is -0.271. The van der Waals surface area contributed by atoms with Crippen molar-refractivity contribution in [3.8, 4) is 0 Å². The maximum Gasteiger partial charge on any atom is 0.416 e. The number of rotatable bonds is 2. The quantitative estimate of drug-likeness (QED) is 0.741. The van der Waals surface area contributed by atoms with Gasteiger partial charge in [-0.25, -0.2) is 4.79 Å². The van der Waals surface area contributed by atoms with Gasteiger partial charge in [-0.2, -0.15) is 13.2 Å². The SMILES string of the molecule is Cc1cc(NC(=O)N2CC=C(c3ncccc3Cl)CC2)ccc1C(F)(F)F. The van der Waals surface area contributed by atoms with Crippen molar-refractivity contribution < 1.29 is 18.0 Å². The van der Waals surface area contributed by atoms with Crippen molar-refractivity contribution in [2.75, 3.05) is 18.4 Å². The number of carbonyl (C=O) groups is 1. The zero-order valence-electron chi connectivity index (χ0n) is 14.5. The molecular weight excluding hydrogens is 379 g/mol. The lowest BCUT2D eigenvalue weighted by atomic mass is 10.0. The number of urea groups is 1. The molecule has 0 spiro atoms. The summed E-state index contributed by atoms with van der Waals surface area (Å²) in [7, 11) is 0. The molecule has 1 aliphatic rings. The van der Waals surface area contributed by atoms with Gasteiger partial charge in [-0.05, 0) is 54.8 Å². The summed E-state index contributed by atoms with van der Waals surface area (Å²) in [5.41, 5.74) is 1.35. The molecule has 142 valence electrons. The number of aromatic nitrogens is 1. The van der Waals surface area contributed by atoms with Gasteiger partial charge in [-0.1, -0.05) is 17.7 Å². The van der Waals surface area contributed by atoms with Crippen molar-refractivity contribution in [1.82, 2.24) is 9.88 Å². The Kier molecular flexibility index (Phi) is 5.41. The van der Waals surface area contributed by atoms with Gasteiger partial charge >= 0.3 is 12.2 Å². The molecule has 1 aliphatic heterocycles. The van der Waals surface area contributed by atoms with E-state index in [0.29, 0.717) is 35.9 Å². The molecule has 4 nitrogen and oxygen atoms in total.